The Morgan fingerprint density at radius 2 is 1.76 bits per heavy atom. The molecule has 0 aromatic heterocycles. The van der Waals surface area contributed by atoms with Gasteiger partial charge >= 0.3 is 5.97 Å². The summed E-state index contributed by atoms with van der Waals surface area (Å²) in [6, 6.07) is 0.227. The van der Waals surface area contributed by atoms with E-state index in [2.05, 4.69) is 12.2 Å². The summed E-state index contributed by atoms with van der Waals surface area (Å²) in [5, 5.41) is 3.36. The first kappa shape index (κ1) is 16.4. The Balaban J connectivity index is 3.27. The molecule has 1 atom stereocenters. The van der Waals surface area contributed by atoms with E-state index in [1.54, 1.807) is 0 Å². The van der Waals surface area contributed by atoms with Crippen molar-refractivity contribution in [2.45, 2.75) is 71.8 Å². The van der Waals surface area contributed by atoms with E-state index in [0.29, 0.717) is 13.0 Å². The van der Waals surface area contributed by atoms with E-state index >= 15 is 0 Å². The zero-order chi connectivity index (χ0) is 12.9. The maximum atomic E-state index is 11.2. The molecule has 0 aliphatic rings. The molecular weight excluding hydrogens is 214 g/mol. The molecule has 0 saturated carbocycles. The Morgan fingerprint density at radius 3 is 2.41 bits per heavy atom. The van der Waals surface area contributed by atoms with Gasteiger partial charge in [-0.1, -0.05) is 39.0 Å². The number of hydrogen-bond donors (Lipinski definition) is 1. The number of esters is 1. The molecule has 0 spiro atoms. The van der Waals surface area contributed by atoms with E-state index in [1.165, 1.54) is 38.5 Å². The van der Waals surface area contributed by atoms with Crippen LogP contribution in [0.2, 0.25) is 0 Å². The maximum Gasteiger partial charge on any atom is 0.307 e. The minimum Gasteiger partial charge on any atom is -0.466 e. The molecule has 3 nitrogen and oxygen atoms in total. The maximum absolute atomic E-state index is 11.2. The van der Waals surface area contributed by atoms with Gasteiger partial charge in [-0.15, -0.1) is 0 Å². The highest BCUT2D eigenvalue weighted by Gasteiger charge is 2.08. The average molecular weight is 243 g/mol. The van der Waals surface area contributed by atoms with Crippen LogP contribution in [-0.2, 0) is 9.53 Å². The Bertz CT molecular complexity index is 183. The summed E-state index contributed by atoms with van der Waals surface area (Å²) in [6.07, 6.45) is 8.32. The highest BCUT2D eigenvalue weighted by molar-refractivity contribution is 5.69. The Labute approximate surface area is 106 Å². The lowest BCUT2D eigenvalue weighted by Gasteiger charge is -2.12. The molecule has 0 aliphatic carbocycles. The van der Waals surface area contributed by atoms with Crippen LogP contribution >= 0.6 is 0 Å². The van der Waals surface area contributed by atoms with Crippen LogP contribution in [0.25, 0.3) is 0 Å². The third kappa shape index (κ3) is 11.7. The summed E-state index contributed by atoms with van der Waals surface area (Å²) in [6.45, 7) is 7.59. The normalized spacial score (nSPS) is 12.4. The molecule has 1 unspecified atom stereocenters. The first-order valence-corrected chi connectivity index (χ1v) is 7.09. The van der Waals surface area contributed by atoms with Crippen LogP contribution in [-0.4, -0.2) is 25.2 Å². The highest BCUT2D eigenvalue weighted by Crippen LogP contribution is 2.04. The molecule has 0 amide bonds. The van der Waals surface area contributed by atoms with Crippen LogP contribution in [0.15, 0.2) is 0 Å². The second-order valence-corrected chi connectivity index (χ2v) is 4.63. The molecule has 3 heteroatoms. The van der Waals surface area contributed by atoms with E-state index in [0.717, 1.165) is 6.54 Å². The fourth-order valence-corrected chi connectivity index (χ4v) is 1.80. The molecule has 0 radical (unpaired) electrons. The zero-order valence-electron chi connectivity index (χ0n) is 11.8. The monoisotopic (exact) mass is 243 g/mol. The molecule has 102 valence electrons. The minimum absolute atomic E-state index is 0.101. The van der Waals surface area contributed by atoms with Crippen LogP contribution in [0.1, 0.15) is 65.7 Å². The Hall–Kier alpha value is -0.570. The number of nitrogens with one attached hydrogen (secondary N) is 1. The predicted octanol–water partition coefficient (Wildman–Crippen LogP) is 3.28. The van der Waals surface area contributed by atoms with Crippen molar-refractivity contribution in [3.63, 3.8) is 0 Å². The molecule has 0 aromatic carbocycles. The van der Waals surface area contributed by atoms with Crippen molar-refractivity contribution in [3.8, 4) is 0 Å². The highest BCUT2D eigenvalue weighted by atomic mass is 16.5. The van der Waals surface area contributed by atoms with Crippen molar-refractivity contribution in [1.29, 1.82) is 0 Å². The second kappa shape index (κ2) is 11.9. The summed E-state index contributed by atoms with van der Waals surface area (Å²) >= 11 is 0. The summed E-state index contributed by atoms with van der Waals surface area (Å²) in [7, 11) is 0. The van der Waals surface area contributed by atoms with E-state index in [9.17, 15) is 4.79 Å². The van der Waals surface area contributed by atoms with Gasteiger partial charge in [0.05, 0.1) is 13.0 Å². The average Bonchev–Trinajstić information content (AvgIpc) is 2.28. The largest absolute Gasteiger partial charge is 0.466 e. The van der Waals surface area contributed by atoms with Gasteiger partial charge in [0, 0.05) is 6.04 Å². The molecule has 0 aliphatic heterocycles. The van der Waals surface area contributed by atoms with Gasteiger partial charge in [0.15, 0.2) is 0 Å². The molecule has 0 aromatic rings. The van der Waals surface area contributed by atoms with E-state index < -0.39 is 0 Å². The topological polar surface area (TPSA) is 38.3 Å². The SMILES string of the molecule is CCCCCCCCNC(C)CC(=O)OCC. The van der Waals surface area contributed by atoms with Gasteiger partial charge in [-0.05, 0) is 26.8 Å². The molecule has 0 bridgehead atoms. The van der Waals surface area contributed by atoms with Crippen molar-refractivity contribution < 1.29 is 9.53 Å². The fraction of sp³-hybridized carbons (Fsp3) is 0.929. The van der Waals surface area contributed by atoms with Crippen LogP contribution in [0.3, 0.4) is 0 Å². The quantitative estimate of drug-likeness (QED) is 0.447. The summed E-state index contributed by atoms with van der Waals surface area (Å²) in [4.78, 5) is 11.2. The molecule has 1 N–H and O–H groups in total. The van der Waals surface area contributed by atoms with Crippen LogP contribution in [0, 0.1) is 0 Å². The van der Waals surface area contributed by atoms with Gasteiger partial charge in [0.2, 0.25) is 0 Å². The molecule has 0 rings (SSSR count). The van der Waals surface area contributed by atoms with Crippen molar-refractivity contribution in [1.82, 2.24) is 5.32 Å². The standard InChI is InChI=1S/C14H29NO2/c1-4-6-7-8-9-10-11-15-13(3)12-14(16)17-5-2/h13,15H,4-12H2,1-3H3. The van der Waals surface area contributed by atoms with Gasteiger partial charge in [0.25, 0.3) is 0 Å². The molecular formula is C14H29NO2. The number of carbonyl (C=O) groups excluding carboxylic acids is 1. The molecule has 0 fully saturated rings. The lowest BCUT2D eigenvalue weighted by atomic mass is 10.1. The third-order valence-corrected chi connectivity index (χ3v) is 2.80. The van der Waals surface area contributed by atoms with Gasteiger partial charge in [-0.2, -0.15) is 0 Å². The van der Waals surface area contributed by atoms with E-state index in [1.807, 2.05) is 13.8 Å². The minimum atomic E-state index is -0.101. The molecule has 17 heavy (non-hydrogen) atoms. The lowest BCUT2D eigenvalue weighted by molar-refractivity contribution is -0.143. The van der Waals surface area contributed by atoms with Gasteiger partial charge in [-0.3, -0.25) is 4.79 Å². The summed E-state index contributed by atoms with van der Waals surface area (Å²) in [5.74, 6) is -0.101. The van der Waals surface area contributed by atoms with Gasteiger partial charge < -0.3 is 10.1 Å². The molecule has 0 saturated heterocycles. The first-order valence-electron chi connectivity index (χ1n) is 7.09. The van der Waals surface area contributed by atoms with Gasteiger partial charge in [0.1, 0.15) is 0 Å². The van der Waals surface area contributed by atoms with Crippen LogP contribution in [0.4, 0.5) is 0 Å². The summed E-state index contributed by atoms with van der Waals surface area (Å²) < 4.78 is 4.91. The lowest BCUT2D eigenvalue weighted by Crippen LogP contribution is -2.30. The smallest absolute Gasteiger partial charge is 0.307 e. The fourth-order valence-electron chi connectivity index (χ4n) is 1.80. The van der Waals surface area contributed by atoms with Crippen molar-refractivity contribution >= 4 is 5.97 Å². The van der Waals surface area contributed by atoms with Crippen LogP contribution in [0.5, 0.6) is 0 Å². The third-order valence-electron chi connectivity index (χ3n) is 2.80. The first-order chi connectivity index (χ1) is 8.20. The second-order valence-electron chi connectivity index (χ2n) is 4.63. The van der Waals surface area contributed by atoms with Crippen molar-refractivity contribution in [2.24, 2.45) is 0 Å². The number of hydrogen-bond acceptors (Lipinski definition) is 3. The Kier molecular flexibility index (Phi) is 11.5. The number of rotatable bonds is 11. The predicted molar refractivity (Wildman–Crippen MR) is 72.1 cm³/mol. The van der Waals surface area contributed by atoms with Crippen molar-refractivity contribution in [3.05, 3.63) is 0 Å². The van der Waals surface area contributed by atoms with E-state index in [4.69, 9.17) is 4.74 Å². The van der Waals surface area contributed by atoms with Crippen LogP contribution < -0.4 is 5.32 Å². The summed E-state index contributed by atoms with van der Waals surface area (Å²) in [5.41, 5.74) is 0. The number of ether oxygens (including phenoxy) is 1. The Morgan fingerprint density at radius 1 is 1.12 bits per heavy atom. The zero-order valence-corrected chi connectivity index (χ0v) is 11.8. The number of carbonyl (C=O) groups is 1. The van der Waals surface area contributed by atoms with Gasteiger partial charge in [-0.25, -0.2) is 0 Å². The molecule has 0 heterocycles. The van der Waals surface area contributed by atoms with E-state index in [-0.39, 0.29) is 12.0 Å². The number of unbranched alkanes of at least 4 members (excludes halogenated alkanes) is 5. The van der Waals surface area contributed by atoms with Crippen molar-refractivity contribution in [2.75, 3.05) is 13.2 Å².